The molecule has 0 saturated heterocycles. The fourth-order valence-electron chi connectivity index (χ4n) is 1.57. The largest absolute Gasteiger partial charge is 0.384 e. The van der Waals surface area contributed by atoms with Gasteiger partial charge >= 0.3 is 0 Å². The molecule has 0 amide bonds. The molecule has 2 aromatic rings. The van der Waals surface area contributed by atoms with Crippen LogP contribution in [0.15, 0.2) is 22.9 Å². The lowest BCUT2D eigenvalue weighted by Gasteiger charge is -2.01. The molecule has 2 heterocycles. The van der Waals surface area contributed by atoms with E-state index in [9.17, 15) is 0 Å². The third kappa shape index (κ3) is 1.90. The van der Waals surface area contributed by atoms with Crippen LogP contribution in [0, 0.1) is 6.92 Å². The molecule has 0 aliphatic carbocycles. The Bertz CT molecular complexity index is 476. The van der Waals surface area contributed by atoms with Crippen molar-refractivity contribution in [2.75, 3.05) is 12.8 Å². The highest BCUT2D eigenvalue weighted by molar-refractivity contribution is 5.67. The van der Waals surface area contributed by atoms with Crippen LogP contribution < -0.4 is 5.73 Å². The lowest BCUT2D eigenvalue weighted by atomic mass is 10.1. The number of pyridine rings is 1. The van der Waals surface area contributed by atoms with Crippen LogP contribution in [0.4, 0.5) is 5.82 Å². The van der Waals surface area contributed by atoms with E-state index in [2.05, 4.69) is 10.1 Å². The van der Waals surface area contributed by atoms with Crippen LogP contribution in [-0.4, -0.2) is 17.3 Å². The number of methoxy groups -OCH3 is 1. The van der Waals surface area contributed by atoms with Crippen LogP contribution in [0.25, 0.3) is 11.1 Å². The van der Waals surface area contributed by atoms with Gasteiger partial charge < -0.3 is 15.0 Å². The van der Waals surface area contributed by atoms with Gasteiger partial charge in [0, 0.05) is 18.9 Å². The number of rotatable bonds is 3. The van der Waals surface area contributed by atoms with E-state index in [0.717, 1.165) is 16.8 Å². The van der Waals surface area contributed by atoms with Crippen molar-refractivity contribution in [3.05, 3.63) is 29.8 Å². The molecule has 2 N–H and O–H groups in total. The van der Waals surface area contributed by atoms with E-state index in [1.807, 2.05) is 13.0 Å². The SMILES string of the molecule is COCc1onc(C)c1-c1ccc(N)nc1. The number of nitrogens with two attached hydrogens (primary N) is 1. The Morgan fingerprint density at radius 3 is 2.88 bits per heavy atom. The second-order valence-corrected chi connectivity index (χ2v) is 3.47. The maximum Gasteiger partial charge on any atom is 0.170 e. The Balaban J connectivity index is 2.45. The number of aryl methyl sites for hydroxylation is 1. The molecule has 2 rings (SSSR count). The van der Waals surface area contributed by atoms with Crippen molar-refractivity contribution < 1.29 is 9.26 Å². The average Bonchev–Trinajstić information content (AvgIpc) is 2.62. The number of hydrogen-bond acceptors (Lipinski definition) is 5. The Labute approximate surface area is 93.2 Å². The lowest BCUT2D eigenvalue weighted by molar-refractivity contribution is 0.156. The summed E-state index contributed by atoms with van der Waals surface area (Å²) in [5.41, 5.74) is 8.21. The monoisotopic (exact) mass is 219 g/mol. The molecule has 5 nitrogen and oxygen atoms in total. The number of aromatic nitrogens is 2. The topological polar surface area (TPSA) is 74.2 Å². The molecule has 16 heavy (non-hydrogen) atoms. The van der Waals surface area contributed by atoms with E-state index in [4.69, 9.17) is 15.0 Å². The number of hydrogen-bond donors (Lipinski definition) is 1. The van der Waals surface area contributed by atoms with Crippen molar-refractivity contribution in [3.8, 4) is 11.1 Å². The van der Waals surface area contributed by atoms with Crippen LogP contribution in [0.1, 0.15) is 11.5 Å². The standard InChI is InChI=1S/C11H13N3O2/c1-7-11(9(6-15-2)16-14-7)8-3-4-10(12)13-5-8/h3-5H,6H2,1-2H3,(H2,12,13). The van der Waals surface area contributed by atoms with Crippen molar-refractivity contribution >= 4 is 5.82 Å². The van der Waals surface area contributed by atoms with Crippen LogP contribution in [0.3, 0.4) is 0 Å². The van der Waals surface area contributed by atoms with Gasteiger partial charge in [0.2, 0.25) is 0 Å². The fraction of sp³-hybridized carbons (Fsp3) is 0.273. The first-order chi connectivity index (χ1) is 7.72. The first-order valence-electron chi connectivity index (χ1n) is 4.88. The predicted molar refractivity (Wildman–Crippen MR) is 59.6 cm³/mol. The normalized spacial score (nSPS) is 10.6. The second kappa shape index (κ2) is 4.32. The average molecular weight is 219 g/mol. The van der Waals surface area contributed by atoms with Gasteiger partial charge in [-0.3, -0.25) is 0 Å². The van der Waals surface area contributed by atoms with E-state index in [1.54, 1.807) is 19.4 Å². The Morgan fingerprint density at radius 1 is 1.44 bits per heavy atom. The predicted octanol–water partition coefficient (Wildman–Crippen LogP) is 1.77. The summed E-state index contributed by atoms with van der Waals surface area (Å²) in [7, 11) is 1.61. The highest BCUT2D eigenvalue weighted by Crippen LogP contribution is 2.27. The van der Waals surface area contributed by atoms with Gasteiger partial charge in [0.25, 0.3) is 0 Å². The highest BCUT2D eigenvalue weighted by atomic mass is 16.5. The third-order valence-electron chi connectivity index (χ3n) is 2.28. The smallest absolute Gasteiger partial charge is 0.170 e. The molecule has 0 spiro atoms. The zero-order valence-electron chi connectivity index (χ0n) is 9.23. The van der Waals surface area contributed by atoms with Gasteiger partial charge in [-0.05, 0) is 19.1 Å². The van der Waals surface area contributed by atoms with Crippen molar-refractivity contribution in [1.82, 2.24) is 10.1 Å². The Morgan fingerprint density at radius 2 is 2.25 bits per heavy atom. The maximum absolute atomic E-state index is 5.54. The minimum atomic E-state index is 0.389. The number of anilines is 1. The molecule has 2 aromatic heterocycles. The van der Waals surface area contributed by atoms with E-state index in [1.165, 1.54) is 0 Å². The summed E-state index contributed by atoms with van der Waals surface area (Å²) in [6, 6.07) is 3.64. The molecule has 0 aliphatic rings. The molecular weight excluding hydrogens is 206 g/mol. The van der Waals surface area contributed by atoms with Gasteiger partial charge in [0.15, 0.2) is 5.76 Å². The molecule has 0 atom stereocenters. The molecule has 5 heteroatoms. The van der Waals surface area contributed by atoms with Gasteiger partial charge in [-0.2, -0.15) is 0 Å². The van der Waals surface area contributed by atoms with E-state index < -0.39 is 0 Å². The fourth-order valence-corrected chi connectivity index (χ4v) is 1.57. The van der Waals surface area contributed by atoms with Gasteiger partial charge in [-0.1, -0.05) is 5.16 Å². The Hall–Kier alpha value is -1.88. The third-order valence-corrected chi connectivity index (χ3v) is 2.28. The zero-order valence-corrected chi connectivity index (χ0v) is 9.23. The maximum atomic E-state index is 5.54. The van der Waals surface area contributed by atoms with E-state index in [0.29, 0.717) is 18.2 Å². The van der Waals surface area contributed by atoms with E-state index in [-0.39, 0.29) is 0 Å². The minimum Gasteiger partial charge on any atom is -0.384 e. The van der Waals surface area contributed by atoms with Crippen LogP contribution in [0.5, 0.6) is 0 Å². The van der Waals surface area contributed by atoms with Gasteiger partial charge in [-0.15, -0.1) is 0 Å². The van der Waals surface area contributed by atoms with Gasteiger partial charge in [0.05, 0.1) is 11.3 Å². The van der Waals surface area contributed by atoms with Crippen LogP contribution >= 0.6 is 0 Å². The summed E-state index contributed by atoms with van der Waals surface area (Å²) in [5, 5.41) is 3.92. The van der Waals surface area contributed by atoms with Crippen molar-refractivity contribution in [2.24, 2.45) is 0 Å². The summed E-state index contributed by atoms with van der Waals surface area (Å²) in [6.07, 6.45) is 1.70. The quantitative estimate of drug-likeness (QED) is 0.851. The van der Waals surface area contributed by atoms with E-state index >= 15 is 0 Å². The molecule has 0 radical (unpaired) electrons. The highest BCUT2D eigenvalue weighted by Gasteiger charge is 2.14. The Kier molecular flexibility index (Phi) is 2.87. The summed E-state index contributed by atoms with van der Waals surface area (Å²) >= 11 is 0. The first kappa shape index (κ1) is 10.6. The van der Waals surface area contributed by atoms with Crippen LogP contribution in [0.2, 0.25) is 0 Å². The molecular formula is C11H13N3O2. The number of ether oxygens (including phenoxy) is 1. The summed E-state index contributed by atoms with van der Waals surface area (Å²) < 4.78 is 10.2. The number of nitrogens with zero attached hydrogens (tertiary/aromatic N) is 2. The summed E-state index contributed by atoms with van der Waals surface area (Å²) in [4.78, 5) is 4.04. The lowest BCUT2D eigenvalue weighted by Crippen LogP contribution is -1.92. The molecule has 0 bridgehead atoms. The molecule has 84 valence electrons. The van der Waals surface area contributed by atoms with Crippen molar-refractivity contribution in [1.29, 1.82) is 0 Å². The van der Waals surface area contributed by atoms with Gasteiger partial charge in [0.1, 0.15) is 12.4 Å². The van der Waals surface area contributed by atoms with Crippen molar-refractivity contribution in [2.45, 2.75) is 13.5 Å². The minimum absolute atomic E-state index is 0.389. The first-order valence-corrected chi connectivity index (χ1v) is 4.88. The molecule has 0 fully saturated rings. The van der Waals surface area contributed by atoms with Crippen LogP contribution in [-0.2, 0) is 11.3 Å². The number of nitrogen functional groups attached to an aromatic ring is 1. The summed E-state index contributed by atoms with van der Waals surface area (Å²) in [5.74, 6) is 1.19. The zero-order chi connectivity index (χ0) is 11.5. The molecule has 0 unspecified atom stereocenters. The van der Waals surface area contributed by atoms with Gasteiger partial charge in [-0.25, -0.2) is 4.98 Å². The summed E-state index contributed by atoms with van der Waals surface area (Å²) in [6.45, 7) is 2.27. The molecule has 0 aliphatic heterocycles. The molecule has 0 aromatic carbocycles. The second-order valence-electron chi connectivity index (χ2n) is 3.47. The van der Waals surface area contributed by atoms with Crippen molar-refractivity contribution in [3.63, 3.8) is 0 Å². The molecule has 0 saturated carbocycles.